The van der Waals surface area contributed by atoms with Gasteiger partial charge >= 0.3 is 0 Å². The molecular formula is C12H12N2O2. The summed E-state index contributed by atoms with van der Waals surface area (Å²) in [6.45, 7) is 0. The van der Waals surface area contributed by atoms with E-state index in [9.17, 15) is 4.79 Å². The first-order valence-electron chi connectivity index (χ1n) is 5.28. The normalized spacial score (nSPS) is 30.9. The third-order valence-electron chi connectivity index (χ3n) is 2.85. The van der Waals surface area contributed by atoms with Crippen molar-refractivity contribution in [2.45, 2.75) is 18.6 Å². The molecule has 0 aromatic rings. The van der Waals surface area contributed by atoms with Crippen LogP contribution in [0.2, 0.25) is 0 Å². The number of ether oxygens (including phenoxy) is 1. The number of hydrazine groups is 1. The number of aldehydes is 1. The van der Waals surface area contributed by atoms with Gasteiger partial charge in [0.1, 0.15) is 18.7 Å². The minimum absolute atomic E-state index is 0.0143. The minimum Gasteiger partial charge on any atom is -0.487 e. The molecule has 2 aliphatic heterocycles. The molecule has 0 radical (unpaired) electrons. The first-order chi connectivity index (χ1) is 7.86. The van der Waals surface area contributed by atoms with E-state index in [-0.39, 0.29) is 12.1 Å². The highest BCUT2D eigenvalue weighted by atomic mass is 16.5. The van der Waals surface area contributed by atoms with Crippen molar-refractivity contribution >= 4 is 6.29 Å². The molecule has 0 saturated carbocycles. The second-order valence-electron chi connectivity index (χ2n) is 3.98. The van der Waals surface area contributed by atoms with Gasteiger partial charge in [-0.25, -0.2) is 5.43 Å². The molecule has 4 nitrogen and oxygen atoms in total. The van der Waals surface area contributed by atoms with E-state index >= 15 is 0 Å². The lowest BCUT2D eigenvalue weighted by Gasteiger charge is -2.16. The molecule has 0 amide bonds. The van der Waals surface area contributed by atoms with Gasteiger partial charge in [0.05, 0.1) is 11.7 Å². The van der Waals surface area contributed by atoms with Crippen LogP contribution >= 0.6 is 0 Å². The molecule has 0 aromatic carbocycles. The number of rotatable bonds is 1. The summed E-state index contributed by atoms with van der Waals surface area (Å²) in [5, 5.41) is 1.87. The summed E-state index contributed by atoms with van der Waals surface area (Å²) in [4.78, 5) is 10.7. The zero-order chi connectivity index (χ0) is 11.0. The molecule has 0 aromatic heterocycles. The molecule has 2 atom stereocenters. The van der Waals surface area contributed by atoms with Crippen LogP contribution in [0.4, 0.5) is 0 Å². The molecule has 82 valence electrons. The second-order valence-corrected chi connectivity index (χ2v) is 3.98. The number of allylic oxidation sites excluding steroid dienone is 2. The summed E-state index contributed by atoms with van der Waals surface area (Å²) in [7, 11) is 0. The molecule has 0 spiro atoms. The number of fused-ring (bicyclic) bond motifs is 2. The number of hydrogen-bond donors (Lipinski definition) is 1. The fourth-order valence-electron chi connectivity index (χ4n) is 2.01. The summed E-state index contributed by atoms with van der Waals surface area (Å²) in [5.74, 6) is 0. The average Bonchev–Trinajstić information content (AvgIpc) is 2.63. The van der Waals surface area contributed by atoms with E-state index in [1.54, 1.807) is 6.26 Å². The molecule has 0 bridgehead atoms. The Hall–Kier alpha value is -1.81. The highest BCUT2D eigenvalue weighted by Crippen LogP contribution is 2.26. The van der Waals surface area contributed by atoms with Gasteiger partial charge < -0.3 is 9.53 Å². The molecular weight excluding hydrogens is 204 g/mol. The Labute approximate surface area is 93.5 Å². The lowest BCUT2D eigenvalue weighted by Crippen LogP contribution is -2.32. The summed E-state index contributed by atoms with van der Waals surface area (Å²) >= 11 is 0. The number of carbonyl (C=O) groups excluding carboxylic acids is 1. The Balaban J connectivity index is 1.91. The van der Waals surface area contributed by atoms with Crippen LogP contribution in [0.5, 0.6) is 0 Å². The van der Waals surface area contributed by atoms with Crippen molar-refractivity contribution in [3.8, 4) is 0 Å². The molecule has 16 heavy (non-hydrogen) atoms. The minimum atomic E-state index is -0.147. The first kappa shape index (κ1) is 9.42. The van der Waals surface area contributed by atoms with E-state index in [4.69, 9.17) is 4.74 Å². The van der Waals surface area contributed by atoms with Crippen molar-refractivity contribution < 1.29 is 9.53 Å². The topological polar surface area (TPSA) is 41.6 Å². The third-order valence-corrected chi connectivity index (χ3v) is 2.85. The van der Waals surface area contributed by atoms with Gasteiger partial charge in [-0.15, -0.1) is 0 Å². The van der Waals surface area contributed by atoms with E-state index in [2.05, 4.69) is 5.43 Å². The van der Waals surface area contributed by atoms with Crippen LogP contribution in [0.15, 0.2) is 48.0 Å². The van der Waals surface area contributed by atoms with Gasteiger partial charge in [0.15, 0.2) is 0 Å². The van der Waals surface area contributed by atoms with E-state index in [0.717, 1.165) is 17.6 Å². The van der Waals surface area contributed by atoms with E-state index in [0.29, 0.717) is 6.42 Å². The lowest BCUT2D eigenvalue weighted by atomic mass is 10.1. The van der Waals surface area contributed by atoms with Gasteiger partial charge in [0.2, 0.25) is 0 Å². The second kappa shape index (κ2) is 3.64. The number of carbonyl (C=O) groups is 1. The predicted molar refractivity (Wildman–Crippen MR) is 58.8 cm³/mol. The SMILES string of the molecule is O=CC1CC2=COC3C=CC=CC3=CN2N1. The van der Waals surface area contributed by atoms with E-state index < -0.39 is 0 Å². The number of nitrogens with zero attached hydrogens (tertiary/aromatic N) is 1. The van der Waals surface area contributed by atoms with Gasteiger partial charge in [-0.05, 0) is 6.08 Å². The monoisotopic (exact) mass is 216 g/mol. The summed E-state index contributed by atoms with van der Waals surface area (Å²) in [6.07, 6.45) is 13.2. The van der Waals surface area contributed by atoms with E-state index in [1.165, 1.54) is 0 Å². The van der Waals surface area contributed by atoms with Gasteiger partial charge in [-0.1, -0.05) is 18.2 Å². The van der Waals surface area contributed by atoms with Crippen molar-refractivity contribution in [1.29, 1.82) is 0 Å². The zero-order valence-electron chi connectivity index (χ0n) is 8.67. The van der Waals surface area contributed by atoms with E-state index in [1.807, 2.05) is 35.5 Å². The van der Waals surface area contributed by atoms with Crippen LogP contribution in [-0.4, -0.2) is 23.4 Å². The molecule has 1 saturated heterocycles. The Kier molecular flexibility index (Phi) is 2.15. The molecule has 3 rings (SSSR count). The van der Waals surface area contributed by atoms with Crippen LogP contribution in [0.25, 0.3) is 0 Å². The Morgan fingerprint density at radius 3 is 3.31 bits per heavy atom. The van der Waals surface area contributed by atoms with Crippen LogP contribution in [0.1, 0.15) is 6.42 Å². The molecule has 1 N–H and O–H groups in total. The predicted octanol–water partition coefficient (Wildman–Crippen LogP) is 1.01. The molecule has 1 aliphatic carbocycles. The maximum atomic E-state index is 10.7. The summed E-state index contributed by atoms with van der Waals surface area (Å²) in [5.41, 5.74) is 5.16. The van der Waals surface area contributed by atoms with Crippen LogP contribution in [-0.2, 0) is 9.53 Å². The maximum Gasteiger partial charge on any atom is 0.143 e. The van der Waals surface area contributed by atoms with Gasteiger partial charge in [0.25, 0.3) is 0 Å². The average molecular weight is 216 g/mol. The quantitative estimate of drug-likeness (QED) is 0.664. The first-order valence-corrected chi connectivity index (χ1v) is 5.28. The van der Waals surface area contributed by atoms with Gasteiger partial charge in [-0.3, -0.25) is 5.01 Å². The van der Waals surface area contributed by atoms with Crippen LogP contribution in [0, 0.1) is 0 Å². The smallest absolute Gasteiger partial charge is 0.143 e. The van der Waals surface area contributed by atoms with Crippen LogP contribution in [0.3, 0.4) is 0 Å². The van der Waals surface area contributed by atoms with Gasteiger partial charge in [-0.2, -0.15) is 0 Å². The molecule has 1 fully saturated rings. The largest absolute Gasteiger partial charge is 0.487 e. The molecule has 4 heteroatoms. The highest BCUT2D eigenvalue weighted by molar-refractivity contribution is 5.59. The summed E-state index contributed by atoms with van der Waals surface area (Å²) < 4.78 is 5.65. The Morgan fingerprint density at radius 2 is 2.44 bits per heavy atom. The Morgan fingerprint density at radius 1 is 1.50 bits per heavy atom. The van der Waals surface area contributed by atoms with Crippen molar-refractivity contribution in [2.24, 2.45) is 0 Å². The number of nitrogens with one attached hydrogen (secondary N) is 1. The standard InChI is InChI=1S/C12H12N2O2/c15-7-10-5-11-8-16-12-4-2-1-3-9(12)6-14(11)13-10/h1-4,6-8,10,12-13H,5H2. The fourth-order valence-corrected chi connectivity index (χ4v) is 2.01. The van der Waals surface area contributed by atoms with Crippen molar-refractivity contribution in [3.63, 3.8) is 0 Å². The zero-order valence-corrected chi connectivity index (χ0v) is 8.67. The highest BCUT2D eigenvalue weighted by Gasteiger charge is 2.28. The number of hydrogen-bond acceptors (Lipinski definition) is 4. The third kappa shape index (κ3) is 1.47. The van der Waals surface area contributed by atoms with Crippen molar-refractivity contribution in [3.05, 3.63) is 48.0 Å². The lowest BCUT2D eigenvalue weighted by molar-refractivity contribution is -0.109. The van der Waals surface area contributed by atoms with Crippen molar-refractivity contribution in [1.82, 2.24) is 10.4 Å². The van der Waals surface area contributed by atoms with Gasteiger partial charge in [0, 0.05) is 18.2 Å². The summed E-state index contributed by atoms with van der Waals surface area (Å²) in [6, 6.07) is -0.147. The molecule has 3 aliphatic rings. The fraction of sp³-hybridized carbons (Fsp3) is 0.250. The maximum absolute atomic E-state index is 10.7. The molecule has 2 unspecified atom stereocenters. The Bertz CT molecular complexity index is 434. The van der Waals surface area contributed by atoms with Crippen LogP contribution < -0.4 is 5.43 Å². The van der Waals surface area contributed by atoms with Crippen molar-refractivity contribution in [2.75, 3.05) is 0 Å². The molecule has 2 heterocycles.